The molecule has 0 spiro atoms. The summed E-state index contributed by atoms with van der Waals surface area (Å²) in [6.07, 6.45) is 0. The van der Waals surface area contributed by atoms with Crippen LogP contribution in [-0.4, -0.2) is 45.5 Å². The van der Waals surface area contributed by atoms with Gasteiger partial charge in [-0.05, 0) is 49.6 Å². The van der Waals surface area contributed by atoms with Crippen LogP contribution >= 0.6 is 11.3 Å². The zero-order chi connectivity index (χ0) is 22.7. The highest BCUT2D eigenvalue weighted by molar-refractivity contribution is 7.89. The van der Waals surface area contributed by atoms with Gasteiger partial charge in [0.15, 0.2) is 0 Å². The number of aryl methyl sites for hydroxylation is 1. The summed E-state index contributed by atoms with van der Waals surface area (Å²) in [5, 5.41) is 2.01. The van der Waals surface area contributed by atoms with Gasteiger partial charge < -0.3 is 4.90 Å². The highest BCUT2D eigenvalue weighted by Crippen LogP contribution is 2.31. The molecule has 0 aliphatic carbocycles. The molecule has 8 heteroatoms. The predicted octanol–water partition coefficient (Wildman–Crippen LogP) is 4.43. The molecule has 1 N–H and O–H groups in total. The maximum Gasteiger partial charge on any atom is 0.240 e. The fraction of sp³-hybridized carbons (Fsp3) is 0.333. The molecule has 32 heavy (non-hydrogen) atoms. The Hall–Kier alpha value is -2.26. The van der Waals surface area contributed by atoms with E-state index in [-0.39, 0.29) is 22.8 Å². The van der Waals surface area contributed by atoms with Crippen molar-refractivity contribution in [1.29, 1.82) is 0 Å². The zero-order valence-corrected chi connectivity index (χ0v) is 19.9. The molecule has 170 valence electrons. The fourth-order valence-electron chi connectivity index (χ4n) is 4.25. The van der Waals surface area contributed by atoms with Crippen LogP contribution in [0, 0.1) is 12.7 Å². The van der Waals surface area contributed by atoms with Gasteiger partial charge in [0.25, 0.3) is 0 Å². The van der Waals surface area contributed by atoms with Crippen LogP contribution in [0.3, 0.4) is 0 Å². The number of thiophene rings is 1. The number of hydrogen-bond donors (Lipinski definition) is 1. The second-order valence-corrected chi connectivity index (χ2v) is 10.9. The SMILES string of the molecule is Cc1ccc(S(=O)(=O)N[C@@H](C)[C@@H](c2cccs2)N2CCN(c3ccccc3F)CC2)cc1. The summed E-state index contributed by atoms with van der Waals surface area (Å²) in [6.45, 7) is 6.64. The van der Waals surface area contributed by atoms with Crippen molar-refractivity contribution in [2.75, 3.05) is 31.1 Å². The van der Waals surface area contributed by atoms with Crippen LogP contribution in [0.15, 0.2) is 70.9 Å². The molecule has 0 saturated carbocycles. The highest BCUT2D eigenvalue weighted by atomic mass is 32.2. The molecule has 0 radical (unpaired) electrons. The lowest BCUT2D eigenvalue weighted by Crippen LogP contribution is -2.52. The van der Waals surface area contributed by atoms with Crippen LogP contribution in [0.5, 0.6) is 0 Å². The van der Waals surface area contributed by atoms with Gasteiger partial charge in [0.2, 0.25) is 10.0 Å². The number of rotatable bonds is 7. The Balaban J connectivity index is 1.51. The lowest BCUT2D eigenvalue weighted by atomic mass is 10.1. The lowest BCUT2D eigenvalue weighted by molar-refractivity contribution is 0.163. The van der Waals surface area contributed by atoms with E-state index in [1.807, 2.05) is 31.4 Å². The second kappa shape index (κ2) is 9.70. The first-order valence-electron chi connectivity index (χ1n) is 10.7. The van der Waals surface area contributed by atoms with Gasteiger partial charge >= 0.3 is 0 Å². The molecule has 2 atom stereocenters. The molecule has 1 aliphatic rings. The molecule has 0 unspecified atom stereocenters. The summed E-state index contributed by atoms with van der Waals surface area (Å²) in [5.41, 5.74) is 1.63. The van der Waals surface area contributed by atoms with E-state index in [4.69, 9.17) is 0 Å². The third-order valence-electron chi connectivity index (χ3n) is 5.88. The van der Waals surface area contributed by atoms with E-state index in [0.29, 0.717) is 31.9 Å². The fourth-order valence-corrected chi connectivity index (χ4v) is 6.46. The van der Waals surface area contributed by atoms with E-state index in [1.165, 1.54) is 6.07 Å². The van der Waals surface area contributed by atoms with E-state index in [9.17, 15) is 12.8 Å². The quantitative estimate of drug-likeness (QED) is 0.552. The monoisotopic (exact) mass is 473 g/mol. The summed E-state index contributed by atoms with van der Waals surface area (Å²) >= 11 is 1.63. The van der Waals surface area contributed by atoms with Crippen molar-refractivity contribution in [2.45, 2.75) is 30.8 Å². The van der Waals surface area contributed by atoms with E-state index in [0.717, 1.165) is 10.4 Å². The number of nitrogens with one attached hydrogen (secondary N) is 1. The number of benzene rings is 2. The second-order valence-electron chi connectivity index (χ2n) is 8.16. The first kappa shape index (κ1) is 22.9. The Bertz CT molecular complexity index is 1130. The number of sulfonamides is 1. The van der Waals surface area contributed by atoms with Crippen molar-refractivity contribution in [3.8, 4) is 0 Å². The molecule has 2 heterocycles. The van der Waals surface area contributed by atoms with Crippen molar-refractivity contribution < 1.29 is 12.8 Å². The topological polar surface area (TPSA) is 52.7 Å². The lowest BCUT2D eigenvalue weighted by Gasteiger charge is -2.42. The normalized spacial score (nSPS) is 17.3. The standard InChI is InChI=1S/C24H28FN3O2S2/c1-18-9-11-20(12-10-18)32(29,30)26-19(2)24(23-8-5-17-31-23)28-15-13-27(14-16-28)22-7-4-3-6-21(22)25/h3-12,17,19,24,26H,13-16H2,1-2H3/t19-,24-/m0/s1. The largest absolute Gasteiger partial charge is 0.367 e. The van der Waals surface area contributed by atoms with Crippen molar-refractivity contribution in [2.24, 2.45) is 0 Å². The van der Waals surface area contributed by atoms with Crippen molar-refractivity contribution in [3.05, 3.63) is 82.3 Å². The summed E-state index contributed by atoms with van der Waals surface area (Å²) in [6, 6.07) is 17.3. The van der Waals surface area contributed by atoms with Gasteiger partial charge in [-0.1, -0.05) is 35.9 Å². The maximum atomic E-state index is 14.2. The average Bonchev–Trinajstić information content (AvgIpc) is 3.29. The molecule has 2 aromatic carbocycles. The Labute approximate surface area is 193 Å². The number of nitrogens with zero attached hydrogens (tertiary/aromatic N) is 2. The van der Waals surface area contributed by atoms with Gasteiger partial charge in [0.05, 0.1) is 16.6 Å². The van der Waals surface area contributed by atoms with Crippen LogP contribution in [0.1, 0.15) is 23.4 Å². The van der Waals surface area contributed by atoms with Gasteiger partial charge in [-0.3, -0.25) is 4.90 Å². The minimum Gasteiger partial charge on any atom is -0.367 e. The van der Waals surface area contributed by atoms with Crippen LogP contribution in [0.2, 0.25) is 0 Å². The Morgan fingerprint density at radius 1 is 0.969 bits per heavy atom. The van der Waals surface area contributed by atoms with E-state index in [2.05, 4.69) is 20.6 Å². The summed E-state index contributed by atoms with van der Waals surface area (Å²) in [7, 11) is -3.64. The third-order valence-corrected chi connectivity index (χ3v) is 8.40. The van der Waals surface area contributed by atoms with Gasteiger partial charge in [-0.2, -0.15) is 0 Å². The van der Waals surface area contributed by atoms with Gasteiger partial charge in [-0.15, -0.1) is 11.3 Å². The van der Waals surface area contributed by atoms with Gasteiger partial charge in [0, 0.05) is 37.1 Å². The molecule has 3 aromatic rings. The molecule has 0 bridgehead atoms. The van der Waals surface area contributed by atoms with Crippen LogP contribution < -0.4 is 9.62 Å². The molecule has 1 saturated heterocycles. The van der Waals surface area contributed by atoms with E-state index < -0.39 is 10.0 Å². The molecule has 4 rings (SSSR count). The average molecular weight is 474 g/mol. The molecule has 0 amide bonds. The van der Waals surface area contributed by atoms with Crippen LogP contribution in [0.4, 0.5) is 10.1 Å². The van der Waals surface area contributed by atoms with Crippen molar-refractivity contribution in [3.63, 3.8) is 0 Å². The van der Waals surface area contributed by atoms with Crippen LogP contribution in [-0.2, 0) is 10.0 Å². The first-order chi connectivity index (χ1) is 15.3. The first-order valence-corrected chi connectivity index (χ1v) is 13.1. The Kier molecular flexibility index (Phi) is 6.95. The highest BCUT2D eigenvalue weighted by Gasteiger charge is 2.32. The number of halogens is 1. The summed E-state index contributed by atoms with van der Waals surface area (Å²) < 4.78 is 43.1. The number of hydrogen-bond acceptors (Lipinski definition) is 5. The number of para-hydroxylation sites is 1. The number of piperazine rings is 1. The van der Waals surface area contributed by atoms with Crippen molar-refractivity contribution >= 4 is 27.0 Å². The van der Waals surface area contributed by atoms with Gasteiger partial charge in [0.1, 0.15) is 5.82 Å². The smallest absolute Gasteiger partial charge is 0.240 e. The Morgan fingerprint density at radius 3 is 2.28 bits per heavy atom. The summed E-state index contributed by atoms with van der Waals surface area (Å²) in [5.74, 6) is -0.213. The molecule has 1 aromatic heterocycles. The molecule has 1 aliphatic heterocycles. The van der Waals surface area contributed by atoms with Crippen molar-refractivity contribution in [1.82, 2.24) is 9.62 Å². The molecule has 5 nitrogen and oxygen atoms in total. The van der Waals surface area contributed by atoms with Crippen LogP contribution in [0.25, 0.3) is 0 Å². The summed E-state index contributed by atoms with van der Waals surface area (Å²) in [4.78, 5) is 5.73. The van der Waals surface area contributed by atoms with E-state index in [1.54, 1.807) is 47.7 Å². The number of anilines is 1. The third kappa shape index (κ3) is 5.04. The van der Waals surface area contributed by atoms with Gasteiger partial charge in [-0.25, -0.2) is 17.5 Å². The van der Waals surface area contributed by atoms with E-state index >= 15 is 0 Å². The minimum atomic E-state index is -3.64. The zero-order valence-electron chi connectivity index (χ0n) is 18.2. The maximum absolute atomic E-state index is 14.2. The minimum absolute atomic E-state index is 0.0991. The molecular formula is C24H28FN3O2S2. The predicted molar refractivity (Wildman–Crippen MR) is 128 cm³/mol. The molecule has 1 fully saturated rings. The Morgan fingerprint density at radius 2 is 1.66 bits per heavy atom. The molecular weight excluding hydrogens is 445 g/mol.